The predicted octanol–water partition coefficient (Wildman–Crippen LogP) is 4.15. The third kappa shape index (κ3) is 8.23. The Hall–Kier alpha value is -3.57. The van der Waals surface area contributed by atoms with E-state index in [1.807, 2.05) is 68.4 Å². The van der Waals surface area contributed by atoms with Crippen molar-refractivity contribution in [3.8, 4) is 11.5 Å². The van der Waals surface area contributed by atoms with Gasteiger partial charge in [0.1, 0.15) is 25.8 Å². The second-order valence-corrected chi connectivity index (χ2v) is 12.9. The van der Waals surface area contributed by atoms with Crippen molar-refractivity contribution >= 4 is 43.5 Å². The lowest BCUT2D eigenvalue weighted by atomic mass is 10.0. The fraction of sp³-hybridized carbons (Fsp3) is 0.333. The molecule has 0 radical (unpaired) electrons. The molecule has 1 N–H and O–H groups in total. The first-order valence-electron chi connectivity index (χ1n) is 13.3. The van der Waals surface area contributed by atoms with Crippen molar-refractivity contribution in [2.75, 3.05) is 30.3 Å². The number of amides is 2. The normalized spacial score (nSPS) is 13.4. The summed E-state index contributed by atoms with van der Waals surface area (Å²) in [6.07, 6.45) is 1.30. The summed E-state index contributed by atoms with van der Waals surface area (Å²) in [4.78, 5) is 29.2. The van der Waals surface area contributed by atoms with Crippen molar-refractivity contribution < 1.29 is 27.5 Å². The Labute approximate surface area is 249 Å². The van der Waals surface area contributed by atoms with Gasteiger partial charge < -0.3 is 19.7 Å². The van der Waals surface area contributed by atoms with Crippen LogP contribution in [-0.4, -0.2) is 63.2 Å². The van der Waals surface area contributed by atoms with Crippen molar-refractivity contribution in [2.24, 2.45) is 0 Å². The smallest absolute Gasteiger partial charge is 0.244 e. The molecule has 0 aromatic heterocycles. The van der Waals surface area contributed by atoms with Gasteiger partial charge in [0, 0.05) is 29.5 Å². The molecule has 218 valence electrons. The number of benzene rings is 3. The van der Waals surface area contributed by atoms with Crippen LogP contribution in [0.3, 0.4) is 0 Å². The zero-order valence-electron chi connectivity index (χ0n) is 23.2. The summed E-state index contributed by atoms with van der Waals surface area (Å²) in [5.74, 6) is 0.0670. The Bertz CT molecular complexity index is 1470. The summed E-state index contributed by atoms with van der Waals surface area (Å²) >= 11 is 3.43. The molecule has 1 aliphatic rings. The van der Waals surface area contributed by atoms with Gasteiger partial charge in [0.25, 0.3) is 0 Å². The summed E-state index contributed by atoms with van der Waals surface area (Å²) in [7, 11) is -3.89. The molecule has 0 saturated carbocycles. The van der Waals surface area contributed by atoms with E-state index in [-0.39, 0.29) is 30.6 Å². The highest BCUT2D eigenvalue weighted by Crippen LogP contribution is 2.34. The maximum Gasteiger partial charge on any atom is 0.244 e. The number of carbonyl (C=O) groups excluding carboxylic acids is 2. The van der Waals surface area contributed by atoms with E-state index < -0.39 is 28.5 Å². The number of nitrogens with zero attached hydrogens (tertiary/aromatic N) is 2. The minimum atomic E-state index is -3.89. The first-order valence-corrected chi connectivity index (χ1v) is 15.9. The zero-order valence-corrected chi connectivity index (χ0v) is 25.7. The molecule has 1 atom stereocenters. The molecule has 11 heteroatoms. The molecule has 4 rings (SSSR count). The predicted molar refractivity (Wildman–Crippen MR) is 162 cm³/mol. The van der Waals surface area contributed by atoms with E-state index in [1.54, 1.807) is 18.2 Å². The number of carbonyl (C=O) groups is 2. The number of rotatable bonds is 11. The quantitative estimate of drug-likeness (QED) is 0.337. The van der Waals surface area contributed by atoms with Gasteiger partial charge >= 0.3 is 0 Å². The third-order valence-electron chi connectivity index (χ3n) is 6.46. The number of anilines is 1. The highest BCUT2D eigenvalue weighted by Gasteiger charge is 2.33. The summed E-state index contributed by atoms with van der Waals surface area (Å²) < 4.78 is 39.1. The number of hydrogen-bond acceptors (Lipinski definition) is 6. The Kier molecular flexibility index (Phi) is 9.93. The molecule has 0 bridgehead atoms. The molecule has 3 aromatic rings. The molecule has 3 aromatic carbocycles. The van der Waals surface area contributed by atoms with Crippen LogP contribution in [0.1, 0.15) is 25.0 Å². The third-order valence-corrected chi connectivity index (χ3v) is 8.13. The van der Waals surface area contributed by atoms with Crippen LogP contribution in [0.2, 0.25) is 0 Å². The van der Waals surface area contributed by atoms with Gasteiger partial charge in [-0.3, -0.25) is 13.9 Å². The second-order valence-electron chi connectivity index (χ2n) is 10.1. The van der Waals surface area contributed by atoms with E-state index in [1.165, 1.54) is 4.90 Å². The van der Waals surface area contributed by atoms with Gasteiger partial charge in [0.05, 0.1) is 11.9 Å². The van der Waals surface area contributed by atoms with Gasteiger partial charge in [-0.15, -0.1) is 0 Å². The molecule has 9 nitrogen and oxygen atoms in total. The van der Waals surface area contributed by atoms with Crippen LogP contribution < -0.4 is 19.1 Å². The molecule has 0 spiro atoms. The van der Waals surface area contributed by atoms with E-state index in [2.05, 4.69) is 21.2 Å². The first-order chi connectivity index (χ1) is 19.5. The van der Waals surface area contributed by atoms with Crippen molar-refractivity contribution in [3.63, 3.8) is 0 Å². The Morgan fingerprint density at radius 2 is 1.59 bits per heavy atom. The second kappa shape index (κ2) is 13.4. The SMILES string of the molecule is CC(C)NC(=O)[C@@H](Cc1ccccc1)N(Cc1ccc(Br)cc1)C(=O)CN(c1ccc2c(c1)OCCO2)S(C)(=O)=O. The van der Waals surface area contributed by atoms with Gasteiger partial charge in [0.2, 0.25) is 21.8 Å². The van der Waals surface area contributed by atoms with E-state index >= 15 is 0 Å². The topological polar surface area (TPSA) is 105 Å². The van der Waals surface area contributed by atoms with Crippen molar-refractivity contribution in [1.29, 1.82) is 0 Å². The lowest BCUT2D eigenvalue weighted by Gasteiger charge is -2.34. The number of ether oxygens (including phenoxy) is 2. The van der Waals surface area contributed by atoms with E-state index in [0.29, 0.717) is 24.7 Å². The largest absolute Gasteiger partial charge is 0.486 e. The zero-order chi connectivity index (χ0) is 29.6. The molecule has 0 saturated heterocycles. The lowest BCUT2D eigenvalue weighted by Crippen LogP contribution is -2.54. The Morgan fingerprint density at radius 3 is 2.22 bits per heavy atom. The van der Waals surface area contributed by atoms with Crippen LogP contribution >= 0.6 is 15.9 Å². The van der Waals surface area contributed by atoms with Gasteiger partial charge in [-0.2, -0.15) is 0 Å². The van der Waals surface area contributed by atoms with E-state index in [0.717, 1.165) is 26.2 Å². The molecule has 1 heterocycles. The molecular formula is C30H34BrN3O6S. The van der Waals surface area contributed by atoms with E-state index in [9.17, 15) is 18.0 Å². The van der Waals surface area contributed by atoms with Crippen molar-refractivity contribution in [3.05, 3.63) is 88.4 Å². The molecule has 1 aliphatic heterocycles. The van der Waals surface area contributed by atoms with Crippen LogP contribution in [0.4, 0.5) is 5.69 Å². The van der Waals surface area contributed by atoms with Gasteiger partial charge in [-0.1, -0.05) is 58.4 Å². The van der Waals surface area contributed by atoms with Crippen LogP contribution in [0.15, 0.2) is 77.3 Å². The van der Waals surface area contributed by atoms with Crippen molar-refractivity contribution in [2.45, 2.75) is 38.9 Å². The monoisotopic (exact) mass is 643 g/mol. The van der Waals surface area contributed by atoms with Gasteiger partial charge in [-0.25, -0.2) is 8.42 Å². The molecular weight excluding hydrogens is 610 g/mol. The molecule has 0 fully saturated rings. The summed E-state index contributed by atoms with van der Waals surface area (Å²) in [5.41, 5.74) is 1.93. The number of hydrogen-bond donors (Lipinski definition) is 1. The highest BCUT2D eigenvalue weighted by atomic mass is 79.9. The van der Waals surface area contributed by atoms with Crippen LogP contribution in [-0.2, 0) is 32.6 Å². The summed E-state index contributed by atoms with van der Waals surface area (Å²) in [6.45, 7) is 4.04. The van der Waals surface area contributed by atoms with Crippen molar-refractivity contribution in [1.82, 2.24) is 10.2 Å². The van der Waals surface area contributed by atoms with Crippen LogP contribution in [0, 0.1) is 0 Å². The number of nitrogens with one attached hydrogen (secondary N) is 1. The van der Waals surface area contributed by atoms with E-state index in [4.69, 9.17) is 9.47 Å². The average Bonchev–Trinajstić information content (AvgIpc) is 2.93. The maximum absolute atomic E-state index is 14.1. The summed E-state index contributed by atoms with van der Waals surface area (Å²) in [5, 5.41) is 2.94. The first kappa shape index (κ1) is 30.4. The maximum atomic E-state index is 14.1. The Morgan fingerprint density at radius 1 is 0.927 bits per heavy atom. The summed E-state index contributed by atoms with van der Waals surface area (Å²) in [6, 6.07) is 20.6. The van der Waals surface area contributed by atoms with Crippen LogP contribution in [0.5, 0.6) is 11.5 Å². The number of fused-ring (bicyclic) bond motifs is 1. The average molecular weight is 645 g/mol. The number of halogens is 1. The molecule has 41 heavy (non-hydrogen) atoms. The highest BCUT2D eigenvalue weighted by molar-refractivity contribution is 9.10. The fourth-order valence-corrected chi connectivity index (χ4v) is 5.63. The Balaban J connectivity index is 1.72. The van der Waals surface area contributed by atoms with Gasteiger partial charge in [0.15, 0.2) is 11.5 Å². The minimum Gasteiger partial charge on any atom is -0.486 e. The fourth-order valence-electron chi connectivity index (χ4n) is 4.52. The molecule has 2 amide bonds. The molecule has 0 aliphatic carbocycles. The lowest BCUT2D eigenvalue weighted by molar-refractivity contribution is -0.140. The minimum absolute atomic E-state index is 0.105. The van der Waals surface area contributed by atoms with Crippen LogP contribution in [0.25, 0.3) is 0 Å². The molecule has 0 unspecified atom stereocenters. The number of sulfonamides is 1. The van der Waals surface area contributed by atoms with Gasteiger partial charge in [-0.05, 0) is 49.2 Å². The standard InChI is InChI=1S/C30H34BrN3O6S/c1-21(2)32-30(36)26(17-22-7-5-4-6-8-22)33(19-23-9-11-24(31)12-10-23)29(35)20-34(41(3,37)38)25-13-14-27-28(18-25)40-16-15-39-27/h4-14,18,21,26H,15-17,19-20H2,1-3H3,(H,32,36)/t26-/m1/s1.